The topological polar surface area (TPSA) is 61.9 Å². The standard InChI is InChI=1S/C26H31N3O3/c1-17(18-9-11-20(32-2)12-10-18)27-26(31)29-14-5-8-22-24(29)16-23-21-7-4-3-6-19(21)13-15-28(23)25(22)30/h3-4,6-7,9-12,17,22-24H,5,8,13-16H2,1-2H3,(H,27,31)/t17-,22-,23+,24-/m1/s1. The second-order valence-electron chi connectivity index (χ2n) is 9.19. The van der Waals surface area contributed by atoms with Crippen LogP contribution in [0.25, 0.3) is 0 Å². The fourth-order valence-electron chi connectivity index (χ4n) is 5.74. The van der Waals surface area contributed by atoms with Crippen molar-refractivity contribution in [1.82, 2.24) is 15.1 Å². The Bertz CT molecular complexity index is 1010. The first-order valence-corrected chi connectivity index (χ1v) is 11.7. The summed E-state index contributed by atoms with van der Waals surface area (Å²) in [5.74, 6) is 0.929. The third kappa shape index (κ3) is 3.61. The van der Waals surface area contributed by atoms with Crippen molar-refractivity contribution in [2.75, 3.05) is 20.2 Å². The molecule has 3 aliphatic heterocycles. The Morgan fingerprint density at radius 3 is 2.69 bits per heavy atom. The zero-order chi connectivity index (χ0) is 22.2. The molecule has 2 aromatic carbocycles. The number of urea groups is 1. The van der Waals surface area contributed by atoms with Gasteiger partial charge in [0.25, 0.3) is 0 Å². The van der Waals surface area contributed by atoms with Crippen LogP contribution in [0.4, 0.5) is 4.79 Å². The van der Waals surface area contributed by atoms with Gasteiger partial charge in [-0.3, -0.25) is 4.79 Å². The summed E-state index contributed by atoms with van der Waals surface area (Å²) in [6, 6.07) is 16.0. The van der Waals surface area contributed by atoms with Crippen LogP contribution in [0, 0.1) is 5.92 Å². The molecule has 0 spiro atoms. The summed E-state index contributed by atoms with van der Waals surface area (Å²) in [6.45, 7) is 3.47. The minimum Gasteiger partial charge on any atom is -0.497 e. The van der Waals surface area contributed by atoms with Crippen LogP contribution in [-0.2, 0) is 11.2 Å². The molecule has 6 nitrogen and oxygen atoms in total. The van der Waals surface area contributed by atoms with Crippen LogP contribution in [-0.4, -0.2) is 48.0 Å². The monoisotopic (exact) mass is 433 g/mol. The molecule has 0 unspecified atom stereocenters. The summed E-state index contributed by atoms with van der Waals surface area (Å²) in [4.78, 5) is 30.8. The number of fused-ring (bicyclic) bond motifs is 4. The molecule has 3 heterocycles. The van der Waals surface area contributed by atoms with Crippen LogP contribution in [0.15, 0.2) is 48.5 Å². The fourth-order valence-corrected chi connectivity index (χ4v) is 5.74. The lowest BCUT2D eigenvalue weighted by atomic mass is 9.76. The number of carbonyl (C=O) groups excluding carboxylic acids is 2. The van der Waals surface area contributed by atoms with E-state index in [4.69, 9.17) is 4.74 Å². The molecule has 0 saturated carbocycles. The van der Waals surface area contributed by atoms with Gasteiger partial charge in [-0.15, -0.1) is 0 Å². The maximum absolute atomic E-state index is 13.4. The van der Waals surface area contributed by atoms with Crippen LogP contribution in [0.3, 0.4) is 0 Å². The smallest absolute Gasteiger partial charge is 0.318 e. The van der Waals surface area contributed by atoms with E-state index in [0.717, 1.165) is 43.5 Å². The largest absolute Gasteiger partial charge is 0.497 e. The predicted molar refractivity (Wildman–Crippen MR) is 122 cm³/mol. The van der Waals surface area contributed by atoms with E-state index in [2.05, 4.69) is 34.5 Å². The second-order valence-corrected chi connectivity index (χ2v) is 9.19. The molecule has 0 aliphatic carbocycles. The summed E-state index contributed by atoms with van der Waals surface area (Å²) in [6.07, 6.45) is 3.47. The average Bonchev–Trinajstić information content (AvgIpc) is 2.83. The quantitative estimate of drug-likeness (QED) is 0.794. The summed E-state index contributed by atoms with van der Waals surface area (Å²) in [5.41, 5.74) is 3.61. The number of nitrogens with zero attached hydrogens (tertiary/aromatic N) is 2. The highest BCUT2D eigenvalue weighted by atomic mass is 16.5. The Balaban J connectivity index is 1.35. The summed E-state index contributed by atoms with van der Waals surface area (Å²) >= 11 is 0. The minimum atomic E-state index is -0.125. The lowest BCUT2D eigenvalue weighted by Gasteiger charge is -2.51. The van der Waals surface area contributed by atoms with Gasteiger partial charge in [0.05, 0.1) is 25.1 Å². The first-order valence-electron chi connectivity index (χ1n) is 11.7. The predicted octanol–water partition coefficient (Wildman–Crippen LogP) is 4.08. The van der Waals surface area contributed by atoms with Crippen LogP contribution >= 0.6 is 0 Å². The van der Waals surface area contributed by atoms with Crippen molar-refractivity contribution in [3.05, 3.63) is 65.2 Å². The molecule has 2 saturated heterocycles. The first-order chi connectivity index (χ1) is 15.6. The van der Waals surface area contributed by atoms with Crippen molar-refractivity contribution in [1.29, 1.82) is 0 Å². The van der Waals surface area contributed by atoms with Crippen molar-refractivity contribution >= 4 is 11.9 Å². The molecule has 3 amide bonds. The number of hydrogen-bond acceptors (Lipinski definition) is 3. The highest BCUT2D eigenvalue weighted by molar-refractivity contribution is 5.83. The van der Waals surface area contributed by atoms with Crippen molar-refractivity contribution in [3.63, 3.8) is 0 Å². The molecule has 6 heteroatoms. The van der Waals surface area contributed by atoms with E-state index in [1.54, 1.807) is 7.11 Å². The Kier molecular flexibility index (Phi) is 5.53. The van der Waals surface area contributed by atoms with Gasteiger partial charge in [-0.05, 0) is 61.4 Å². The molecule has 4 atom stereocenters. The second kappa shape index (κ2) is 8.49. The number of methoxy groups -OCH3 is 1. The number of ether oxygens (including phenoxy) is 1. The number of nitrogens with one attached hydrogen (secondary N) is 1. The molecule has 1 N–H and O–H groups in total. The minimum absolute atomic E-state index is 0.0493. The Morgan fingerprint density at radius 2 is 1.91 bits per heavy atom. The summed E-state index contributed by atoms with van der Waals surface area (Å²) < 4.78 is 5.23. The van der Waals surface area contributed by atoms with E-state index in [9.17, 15) is 9.59 Å². The maximum Gasteiger partial charge on any atom is 0.318 e. The normalized spacial score (nSPS) is 25.3. The van der Waals surface area contributed by atoms with Crippen LogP contribution in [0.5, 0.6) is 5.75 Å². The van der Waals surface area contributed by atoms with Gasteiger partial charge in [0, 0.05) is 19.1 Å². The number of amides is 3. The molecule has 3 aliphatic rings. The molecule has 2 fully saturated rings. The van der Waals surface area contributed by atoms with Crippen LogP contribution in [0.2, 0.25) is 0 Å². The van der Waals surface area contributed by atoms with Crippen molar-refractivity contribution in [3.8, 4) is 5.75 Å². The number of likely N-dealkylation sites (tertiary alicyclic amines) is 1. The molecule has 0 aromatic heterocycles. The Hall–Kier alpha value is -3.02. The summed E-state index contributed by atoms with van der Waals surface area (Å²) in [7, 11) is 1.64. The maximum atomic E-state index is 13.4. The number of carbonyl (C=O) groups is 2. The third-order valence-corrected chi connectivity index (χ3v) is 7.47. The van der Waals surface area contributed by atoms with Crippen molar-refractivity contribution in [2.45, 2.75) is 50.7 Å². The number of hydrogen-bond donors (Lipinski definition) is 1. The van der Waals surface area contributed by atoms with Gasteiger partial charge in [-0.1, -0.05) is 36.4 Å². The van der Waals surface area contributed by atoms with E-state index in [-0.39, 0.29) is 36.0 Å². The van der Waals surface area contributed by atoms with Gasteiger partial charge in [0.2, 0.25) is 5.91 Å². The molecular formula is C26H31N3O3. The molecule has 168 valence electrons. The Morgan fingerprint density at radius 1 is 1.12 bits per heavy atom. The highest BCUT2D eigenvalue weighted by Crippen LogP contribution is 2.43. The molecule has 32 heavy (non-hydrogen) atoms. The summed E-state index contributed by atoms with van der Waals surface area (Å²) in [5, 5.41) is 3.16. The zero-order valence-corrected chi connectivity index (χ0v) is 18.8. The van der Waals surface area contributed by atoms with E-state index in [0.29, 0.717) is 6.54 Å². The lowest BCUT2D eigenvalue weighted by molar-refractivity contribution is -0.148. The van der Waals surface area contributed by atoms with Crippen LogP contribution in [0.1, 0.15) is 55.0 Å². The van der Waals surface area contributed by atoms with Crippen molar-refractivity contribution in [2.24, 2.45) is 5.92 Å². The first kappa shape index (κ1) is 20.9. The third-order valence-electron chi connectivity index (χ3n) is 7.47. The molecule has 2 aromatic rings. The SMILES string of the molecule is COc1ccc([C@@H](C)NC(=O)N2CCC[C@H]3C(=O)N4CCc5ccccc5[C@@H]4C[C@H]32)cc1. The average molecular weight is 434 g/mol. The van der Waals surface area contributed by atoms with Gasteiger partial charge >= 0.3 is 6.03 Å². The zero-order valence-electron chi connectivity index (χ0n) is 18.8. The van der Waals surface area contributed by atoms with E-state index in [1.807, 2.05) is 36.1 Å². The number of benzene rings is 2. The molecule has 5 rings (SSSR count). The van der Waals surface area contributed by atoms with Gasteiger partial charge in [-0.25, -0.2) is 4.79 Å². The van der Waals surface area contributed by atoms with Crippen LogP contribution < -0.4 is 10.1 Å². The van der Waals surface area contributed by atoms with Gasteiger partial charge in [-0.2, -0.15) is 0 Å². The van der Waals surface area contributed by atoms with E-state index >= 15 is 0 Å². The number of piperidine rings is 2. The highest BCUT2D eigenvalue weighted by Gasteiger charge is 2.48. The van der Waals surface area contributed by atoms with Crippen molar-refractivity contribution < 1.29 is 14.3 Å². The van der Waals surface area contributed by atoms with E-state index in [1.165, 1.54) is 11.1 Å². The van der Waals surface area contributed by atoms with Gasteiger partial charge in [0.1, 0.15) is 5.75 Å². The lowest BCUT2D eigenvalue weighted by Crippen LogP contribution is -2.61. The molecule has 0 bridgehead atoms. The molecule has 0 radical (unpaired) electrons. The fraction of sp³-hybridized carbons (Fsp3) is 0.462. The van der Waals surface area contributed by atoms with Gasteiger partial charge < -0.3 is 19.9 Å². The molecular weight excluding hydrogens is 402 g/mol. The van der Waals surface area contributed by atoms with E-state index < -0.39 is 0 Å². The Labute approximate surface area is 189 Å². The van der Waals surface area contributed by atoms with Gasteiger partial charge in [0.15, 0.2) is 0 Å². The number of rotatable bonds is 3.